The van der Waals surface area contributed by atoms with Crippen LogP contribution in [0.4, 0.5) is 5.69 Å². The minimum atomic E-state index is -0.643. The zero-order chi connectivity index (χ0) is 23.1. The predicted octanol–water partition coefficient (Wildman–Crippen LogP) is 2.66. The lowest BCUT2D eigenvalue weighted by atomic mass is 10.1. The summed E-state index contributed by atoms with van der Waals surface area (Å²) >= 11 is 1.19. The third kappa shape index (κ3) is 5.11. The zero-order valence-corrected chi connectivity index (χ0v) is 18.5. The molecule has 0 bridgehead atoms. The van der Waals surface area contributed by atoms with Crippen molar-refractivity contribution in [3.63, 3.8) is 0 Å². The summed E-state index contributed by atoms with van der Waals surface area (Å²) in [5.41, 5.74) is 1.14. The van der Waals surface area contributed by atoms with E-state index < -0.39 is 17.8 Å². The van der Waals surface area contributed by atoms with Crippen LogP contribution >= 0.6 is 11.8 Å². The van der Waals surface area contributed by atoms with Gasteiger partial charge in [-0.1, -0.05) is 17.8 Å². The molecular weight excluding hydrogens is 434 g/mol. The van der Waals surface area contributed by atoms with Crippen molar-refractivity contribution in [2.75, 3.05) is 25.3 Å². The monoisotopic (exact) mass is 455 g/mol. The van der Waals surface area contributed by atoms with Crippen LogP contribution < -0.4 is 5.32 Å². The Kier molecular flexibility index (Phi) is 7.55. The van der Waals surface area contributed by atoms with Crippen LogP contribution in [0, 0.1) is 0 Å². The first kappa shape index (κ1) is 22.9. The van der Waals surface area contributed by atoms with E-state index in [-0.39, 0.29) is 22.6 Å². The molecule has 0 spiro atoms. The van der Waals surface area contributed by atoms with Crippen LogP contribution in [-0.2, 0) is 20.8 Å². The number of hydrogen-bond acceptors (Lipinski definition) is 9. The van der Waals surface area contributed by atoms with Crippen molar-refractivity contribution < 1.29 is 23.9 Å². The van der Waals surface area contributed by atoms with Crippen molar-refractivity contribution >= 4 is 35.3 Å². The number of thioether (sulfide) groups is 1. The highest BCUT2D eigenvalue weighted by atomic mass is 32.2. The van der Waals surface area contributed by atoms with Crippen molar-refractivity contribution in [3.8, 4) is 11.5 Å². The molecule has 0 saturated carbocycles. The molecule has 0 fully saturated rings. The Balaban J connectivity index is 1.76. The third-order valence-electron chi connectivity index (χ3n) is 4.38. The van der Waals surface area contributed by atoms with Crippen molar-refractivity contribution in [1.29, 1.82) is 0 Å². The average molecular weight is 455 g/mol. The summed E-state index contributed by atoms with van der Waals surface area (Å²) < 4.78 is 11.3. The van der Waals surface area contributed by atoms with Crippen LogP contribution in [-0.4, -0.2) is 57.6 Å². The first-order valence-corrected chi connectivity index (χ1v) is 10.5. The van der Waals surface area contributed by atoms with Crippen LogP contribution in [0.3, 0.4) is 0 Å². The van der Waals surface area contributed by atoms with Crippen LogP contribution in [0.25, 0.3) is 11.5 Å². The second-order valence-corrected chi connectivity index (χ2v) is 7.29. The molecule has 3 aromatic rings. The summed E-state index contributed by atoms with van der Waals surface area (Å²) in [5.74, 6) is -1.02. The highest BCUT2D eigenvalue weighted by Gasteiger charge is 2.19. The molecule has 1 aromatic carbocycles. The lowest BCUT2D eigenvalue weighted by molar-refractivity contribution is -0.113. The molecule has 0 aliphatic heterocycles. The largest absolute Gasteiger partial charge is 0.465 e. The maximum absolute atomic E-state index is 12.6. The van der Waals surface area contributed by atoms with Crippen molar-refractivity contribution in [1.82, 2.24) is 19.7 Å². The Hall–Kier alpha value is -3.73. The van der Waals surface area contributed by atoms with E-state index in [1.807, 2.05) is 29.7 Å². The number of nitrogens with zero attached hydrogens (tertiary/aromatic N) is 4. The van der Waals surface area contributed by atoms with Crippen molar-refractivity contribution in [3.05, 3.63) is 53.7 Å². The maximum atomic E-state index is 12.6. The van der Waals surface area contributed by atoms with Gasteiger partial charge >= 0.3 is 11.9 Å². The van der Waals surface area contributed by atoms with E-state index in [0.29, 0.717) is 23.2 Å². The SMILES string of the molecule is CCn1c(SCC(=O)Nc2cc(C(=O)OC)ccc2C(=O)OC)nnc1-c1ccccn1. The molecule has 0 unspecified atom stereocenters. The van der Waals surface area contributed by atoms with Gasteiger partial charge < -0.3 is 19.4 Å². The quantitative estimate of drug-likeness (QED) is 0.403. The minimum Gasteiger partial charge on any atom is -0.465 e. The molecule has 0 aliphatic carbocycles. The van der Waals surface area contributed by atoms with Gasteiger partial charge in [-0.15, -0.1) is 10.2 Å². The molecule has 166 valence electrons. The van der Waals surface area contributed by atoms with Crippen LogP contribution in [0.15, 0.2) is 47.8 Å². The lowest BCUT2D eigenvalue weighted by Gasteiger charge is -2.11. The third-order valence-corrected chi connectivity index (χ3v) is 5.35. The van der Waals surface area contributed by atoms with Gasteiger partial charge in [0, 0.05) is 12.7 Å². The molecule has 1 N–H and O–H groups in total. The number of rotatable bonds is 8. The maximum Gasteiger partial charge on any atom is 0.339 e. The van der Waals surface area contributed by atoms with Crippen LogP contribution in [0.1, 0.15) is 27.6 Å². The summed E-state index contributed by atoms with van der Waals surface area (Å²) in [4.78, 5) is 40.8. The van der Waals surface area contributed by atoms with Gasteiger partial charge in [0.05, 0.1) is 36.8 Å². The van der Waals surface area contributed by atoms with Gasteiger partial charge in [0.2, 0.25) is 5.91 Å². The number of esters is 2. The number of amides is 1. The number of aromatic nitrogens is 4. The van der Waals surface area contributed by atoms with E-state index in [4.69, 9.17) is 9.47 Å². The lowest BCUT2D eigenvalue weighted by Crippen LogP contribution is -2.18. The normalized spacial score (nSPS) is 10.5. The fraction of sp³-hybridized carbons (Fsp3) is 0.238. The molecule has 2 aromatic heterocycles. The average Bonchev–Trinajstić information content (AvgIpc) is 3.25. The van der Waals surface area contributed by atoms with Gasteiger partial charge in [0.25, 0.3) is 0 Å². The smallest absolute Gasteiger partial charge is 0.339 e. The van der Waals surface area contributed by atoms with Gasteiger partial charge in [-0.05, 0) is 37.3 Å². The zero-order valence-electron chi connectivity index (χ0n) is 17.7. The Morgan fingerprint density at radius 2 is 1.84 bits per heavy atom. The summed E-state index contributed by atoms with van der Waals surface area (Å²) in [6.45, 7) is 2.54. The number of hydrogen-bond donors (Lipinski definition) is 1. The van der Waals surface area contributed by atoms with Crippen LogP contribution in [0.5, 0.6) is 0 Å². The van der Waals surface area contributed by atoms with Gasteiger partial charge in [-0.25, -0.2) is 9.59 Å². The molecule has 3 rings (SSSR count). The van der Waals surface area contributed by atoms with E-state index in [1.165, 1.54) is 44.2 Å². The highest BCUT2D eigenvalue weighted by Crippen LogP contribution is 2.24. The van der Waals surface area contributed by atoms with E-state index in [0.717, 1.165) is 0 Å². The summed E-state index contributed by atoms with van der Waals surface area (Å²) in [5, 5.41) is 11.6. The molecule has 2 heterocycles. The topological polar surface area (TPSA) is 125 Å². The minimum absolute atomic E-state index is 0.00339. The van der Waals surface area contributed by atoms with Crippen molar-refractivity contribution in [2.45, 2.75) is 18.6 Å². The van der Waals surface area contributed by atoms with E-state index in [9.17, 15) is 14.4 Å². The number of anilines is 1. The van der Waals surface area contributed by atoms with Gasteiger partial charge in [-0.2, -0.15) is 0 Å². The second-order valence-electron chi connectivity index (χ2n) is 6.35. The number of pyridine rings is 1. The Morgan fingerprint density at radius 1 is 1.06 bits per heavy atom. The Bertz CT molecular complexity index is 1130. The number of ether oxygens (including phenoxy) is 2. The van der Waals surface area contributed by atoms with Crippen LogP contribution in [0.2, 0.25) is 0 Å². The number of carbonyl (C=O) groups excluding carboxylic acids is 3. The fourth-order valence-corrected chi connectivity index (χ4v) is 3.66. The number of benzene rings is 1. The predicted molar refractivity (Wildman–Crippen MR) is 117 cm³/mol. The number of methoxy groups -OCH3 is 2. The molecule has 0 radical (unpaired) electrons. The molecule has 0 atom stereocenters. The Labute approximate surface area is 188 Å². The number of carbonyl (C=O) groups is 3. The molecule has 10 nitrogen and oxygen atoms in total. The highest BCUT2D eigenvalue weighted by molar-refractivity contribution is 7.99. The molecule has 0 saturated heterocycles. The molecule has 1 amide bonds. The summed E-state index contributed by atoms with van der Waals surface area (Å²) in [6, 6.07) is 9.69. The van der Waals surface area contributed by atoms with Gasteiger partial charge in [-0.3, -0.25) is 9.78 Å². The summed E-state index contributed by atoms with van der Waals surface area (Å²) in [7, 11) is 2.48. The van der Waals surface area contributed by atoms with Gasteiger partial charge in [0.1, 0.15) is 5.69 Å². The Morgan fingerprint density at radius 3 is 2.50 bits per heavy atom. The van der Waals surface area contributed by atoms with E-state index in [1.54, 1.807) is 6.20 Å². The first-order chi connectivity index (χ1) is 15.5. The summed E-state index contributed by atoms with van der Waals surface area (Å²) in [6.07, 6.45) is 1.67. The molecule has 0 aliphatic rings. The van der Waals surface area contributed by atoms with Gasteiger partial charge in [0.15, 0.2) is 11.0 Å². The number of nitrogens with one attached hydrogen (secondary N) is 1. The fourth-order valence-electron chi connectivity index (χ4n) is 2.86. The molecule has 11 heteroatoms. The van der Waals surface area contributed by atoms with E-state index >= 15 is 0 Å². The van der Waals surface area contributed by atoms with E-state index in [2.05, 4.69) is 20.5 Å². The van der Waals surface area contributed by atoms with Crippen molar-refractivity contribution in [2.24, 2.45) is 0 Å². The second kappa shape index (κ2) is 10.5. The first-order valence-electron chi connectivity index (χ1n) is 9.56. The standard InChI is InChI=1S/C21H21N5O5S/c1-4-26-18(15-7-5-6-10-22-15)24-25-21(26)32-12-17(27)23-16-11-13(19(28)30-2)8-9-14(16)20(29)31-3/h5-11H,4,12H2,1-3H3,(H,23,27). The molecule has 32 heavy (non-hydrogen) atoms. The molecular formula is C21H21N5O5S.